The van der Waals surface area contributed by atoms with Gasteiger partial charge in [0.25, 0.3) is 0 Å². The highest BCUT2D eigenvalue weighted by Gasteiger charge is 2.05. The van der Waals surface area contributed by atoms with Crippen LogP contribution in [0.25, 0.3) is 6.08 Å². The van der Waals surface area contributed by atoms with Crippen molar-refractivity contribution in [3.8, 4) is 5.75 Å². The lowest BCUT2D eigenvalue weighted by molar-refractivity contribution is 0.416. The zero-order valence-corrected chi connectivity index (χ0v) is 10.7. The molecule has 0 aliphatic heterocycles. The number of benzene rings is 1. The number of anilines is 1. The van der Waals surface area contributed by atoms with Crippen LogP contribution in [0.2, 0.25) is 0 Å². The standard InChI is InChI=1S/C15H19NO/c1-5-11(3)7-8-12-9-13(6-2)15(16)14(10-12)17-4/h7-10H,1,6,16H2,2-4H3/b8-7+. The van der Waals surface area contributed by atoms with Gasteiger partial charge in [-0.3, -0.25) is 0 Å². The topological polar surface area (TPSA) is 35.2 Å². The first kappa shape index (κ1) is 13.1. The normalized spacial score (nSPS) is 10.3. The summed E-state index contributed by atoms with van der Waals surface area (Å²) in [6, 6.07) is 4.01. The van der Waals surface area contributed by atoms with Gasteiger partial charge in [0.15, 0.2) is 0 Å². The monoisotopic (exact) mass is 229 g/mol. The molecular formula is C15H19NO. The Morgan fingerprint density at radius 2 is 2.24 bits per heavy atom. The molecule has 0 aliphatic rings. The molecule has 0 amide bonds. The number of hydrogen-bond donors (Lipinski definition) is 1. The molecule has 0 aromatic heterocycles. The van der Waals surface area contributed by atoms with E-state index in [1.807, 2.05) is 25.1 Å². The Kier molecular flexibility index (Phi) is 4.62. The van der Waals surface area contributed by atoms with Gasteiger partial charge >= 0.3 is 0 Å². The van der Waals surface area contributed by atoms with Gasteiger partial charge in [-0.15, -0.1) is 5.73 Å². The summed E-state index contributed by atoms with van der Waals surface area (Å²) in [4.78, 5) is 0. The summed E-state index contributed by atoms with van der Waals surface area (Å²) in [6.45, 7) is 7.63. The molecule has 90 valence electrons. The fourth-order valence-corrected chi connectivity index (χ4v) is 1.55. The molecule has 0 radical (unpaired) electrons. The van der Waals surface area contributed by atoms with Crippen molar-refractivity contribution in [2.45, 2.75) is 20.3 Å². The highest BCUT2D eigenvalue weighted by atomic mass is 16.5. The van der Waals surface area contributed by atoms with Crippen molar-refractivity contribution in [3.63, 3.8) is 0 Å². The van der Waals surface area contributed by atoms with E-state index in [-0.39, 0.29) is 0 Å². The van der Waals surface area contributed by atoms with Crippen LogP contribution in [0.4, 0.5) is 5.69 Å². The number of methoxy groups -OCH3 is 1. The fourth-order valence-electron chi connectivity index (χ4n) is 1.55. The van der Waals surface area contributed by atoms with Gasteiger partial charge in [0.1, 0.15) is 5.75 Å². The van der Waals surface area contributed by atoms with E-state index in [4.69, 9.17) is 10.5 Å². The largest absolute Gasteiger partial charge is 0.495 e. The van der Waals surface area contributed by atoms with Crippen LogP contribution in [0.3, 0.4) is 0 Å². The Bertz CT molecular complexity index is 455. The lowest BCUT2D eigenvalue weighted by Gasteiger charge is -2.10. The van der Waals surface area contributed by atoms with E-state index < -0.39 is 0 Å². The van der Waals surface area contributed by atoms with Gasteiger partial charge in [-0.2, -0.15) is 0 Å². The Hall–Kier alpha value is -1.92. The van der Waals surface area contributed by atoms with Gasteiger partial charge in [0, 0.05) is 0 Å². The molecule has 0 saturated carbocycles. The van der Waals surface area contributed by atoms with Gasteiger partial charge in [-0.05, 0) is 42.2 Å². The van der Waals surface area contributed by atoms with Crippen LogP contribution in [0.15, 0.2) is 36.1 Å². The molecule has 2 N–H and O–H groups in total. The minimum Gasteiger partial charge on any atom is -0.495 e. The summed E-state index contributed by atoms with van der Waals surface area (Å²) in [5, 5.41) is 0. The molecule has 2 heteroatoms. The number of rotatable bonds is 4. The quantitative estimate of drug-likeness (QED) is 0.486. The van der Waals surface area contributed by atoms with Crippen molar-refractivity contribution in [1.29, 1.82) is 0 Å². The fraction of sp³-hybridized carbons (Fsp3) is 0.267. The average Bonchev–Trinajstić information content (AvgIpc) is 2.36. The summed E-state index contributed by atoms with van der Waals surface area (Å²) in [5.74, 6) is 0.726. The van der Waals surface area contributed by atoms with Gasteiger partial charge in [0.05, 0.1) is 12.8 Å². The number of allylic oxidation sites excluding steroid dienone is 2. The average molecular weight is 229 g/mol. The van der Waals surface area contributed by atoms with E-state index >= 15 is 0 Å². The Balaban J connectivity index is 3.18. The Morgan fingerprint density at radius 3 is 2.76 bits per heavy atom. The molecule has 17 heavy (non-hydrogen) atoms. The number of ether oxygens (including phenoxy) is 1. The van der Waals surface area contributed by atoms with Gasteiger partial charge < -0.3 is 10.5 Å². The predicted octanol–water partition coefficient (Wildman–Crippen LogP) is 3.58. The molecular weight excluding hydrogens is 210 g/mol. The second-order valence-electron chi connectivity index (χ2n) is 3.84. The van der Waals surface area contributed by atoms with Gasteiger partial charge in [0.2, 0.25) is 0 Å². The lowest BCUT2D eigenvalue weighted by Crippen LogP contribution is -1.98. The molecule has 0 unspecified atom stereocenters. The van der Waals surface area contributed by atoms with Crippen molar-refractivity contribution in [2.24, 2.45) is 0 Å². The minimum atomic E-state index is 0.725. The summed E-state index contributed by atoms with van der Waals surface area (Å²) in [7, 11) is 1.63. The molecule has 0 atom stereocenters. The maximum atomic E-state index is 5.98. The van der Waals surface area contributed by atoms with E-state index in [9.17, 15) is 0 Å². The summed E-state index contributed by atoms with van der Waals surface area (Å²) in [5.41, 5.74) is 12.7. The summed E-state index contributed by atoms with van der Waals surface area (Å²) < 4.78 is 5.27. The Morgan fingerprint density at radius 1 is 1.53 bits per heavy atom. The van der Waals surface area contributed by atoms with Crippen LogP contribution in [-0.2, 0) is 6.42 Å². The predicted molar refractivity (Wildman–Crippen MR) is 74.1 cm³/mol. The zero-order chi connectivity index (χ0) is 12.8. The highest BCUT2D eigenvalue weighted by Crippen LogP contribution is 2.28. The maximum Gasteiger partial charge on any atom is 0.142 e. The molecule has 1 aromatic carbocycles. The van der Waals surface area contributed by atoms with Crippen molar-refractivity contribution >= 4 is 11.8 Å². The zero-order valence-electron chi connectivity index (χ0n) is 10.7. The molecule has 0 aliphatic carbocycles. The number of nitrogens with two attached hydrogens (primary N) is 1. The number of hydrogen-bond acceptors (Lipinski definition) is 2. The lowest BCUT2D eigenvalue weighted by atomic mass is 10.0. The molecule has 2 nitrogen and oxygen atoms in total. The second kappa shape index (κ2) is 5.97. The third-order valence-corrected chi connectivity index (χ3v) is 2.66. The molecule has 1 rings (SSSR count). The molecule has 0 spiro atoms. The third-order valence-electron chi connectivity index (χ3n) is 2.66. The first-order valence-corrected chi connectivity index (χ1v) is 5.63. The number of nitrogen functional groups attached to an aromatic ring is 1. The number of aryl methyl sites for hydroxylation is 1. The highest BCUT2D eigenvalue weighted by molar-refractivity contribution is 5.66. The van der Waals surface area contributed by atoms with E-state index in [0.717, 1.165) is 34.6 Å². The van der Waals surface area contributed by atoms with Crippen LogP contribution < -0.4 is 10.5 Å². The SMILES string of the molecule is C=C=C(C)/C=C/c1cc(CC)c(N)c(OC)c1. The van der Waals surface area contributed by atoms with Crippen LogP contribution in [-0.4, -0.2) is 7.11 Å². The van der Waals surface area contributed by atoms with Crippen molar-refractivity contribution in [2.75, 3.05) is 12.8 Å². The van der Waals surface area contributed by atoms with Crippen molar-refractivity contribution in [3.05, 3.63) is 47.2 Å². The molecule has 0 saturated heterocycles. The van der Waals surface area contributed by atoms with Crippen molar-refractivity contribution in [1.82, 2.24) is 0 Å². The summed E-state index contributed by atoms with van der Waals surface area (Å²) >= 11 is 0. The second-order valence-corrected chi connectivity index (χ2v) is 3.84. The molecule has 0 fully saturated rings. The van der Waals surface area contributed by atoms with Crippen LogP contribution in [0.1, 0.15) is 25.0 Å². The molecule has 1 aromatic rings. The maximum absolute atomic E-state index is 5.98. The Labute approximate surface area is 103 Å². The smallest absolute Gasteiger partial charge is 0.142 e. The van der Waals surface area contributed by atoms with E-state index in [1.165, 1.54) is 0 Å². The molecule has 0 bridgehead atoms. The molecule has 0 heterocycles. The van der Waals surface area contributed by atoms with Crippen LogP contribution >= 0.6 is 0 Å². The first-order chi connectivity index (χ1) is 8.12. The third kappa shape index (κ3) is 3.27. The minimum absolute atomic E-state index is 0.725. The van der Waals surface area contributed by atoms with Crippen LogP contribution in [0.5, 0.6) is 5.75 Å². The van der Waals surface area contributed by atoms with E-state index in [0.29, 0.717) is 0 Å². The van der Waals surface area contributed by atoms with Crippen LogP contribution in [0, 0.1) is 0 Å². The van der Waals surface area contributed by atoms with E-state index in [2.05, 4.69) is 25.3 Å². The summed E-state index contributed by atoms with van der Waals surface area (Å²) in [6.07, 6.45) is 4.87. The van der Waals surface area contributed by atoms with Gasteiger partial charge in [-0.25, -0.2) is 0 Å². The van der Waals surface area contributed by atoms with Crippen molar-refractivity contribution < 1.29 is 4.74 Å². The first-order valence-electron chi connectivity index (χ1n) is 5.63. The van der Waals surface area contributed by atoms with Gasteiger partial charge in [-0.1, -0.05) is 25.7 Å². The van der Waals surface area contributed by atoms with E-state index in [1.54, 1.807) is 7.11 Å².